The zero-order valence-corrected chi connectivity index (χ0v) is 33.5. The van der Waals surface area contributed by atoms with Crippen LogP contribution in [0.2, 0.25) is 0 Å². The molecule has 5 aromatic rings. The number of hydrazine groups is 1. The van der Waals surface area contributed by atoms with Gasteiger partial charge >= 0.3 is 12.1 Å². The van der Waals surface area contributed by atoms with Crippen LogP contribution in [0.15, 0.2) is 116 Å². The van der Waals surface area contributed by atoms with Gasteiger partial charge in [-0.25, -0.2) is 14.6 Å². The maximum absolute atomic E-state index is 14.7. The van der Waals surface area contributed by atoms with Crippen LogP contribution in [0.1, 0.15) is 77.1 Å². The van der Waals surface area contributed by atoms with Crippen LogP contribution < -0.4 is 15.1 Å². The minimum Gasteiger partial charge on any atom is -0.494 e. The van der Waals surface area contributed by atoms with Gasteiger partial charge in [0, 0.05) is 42.9 Å². The number of carbonyl (C=O) groups is 3. The van der Waals surface area contributed by atoms with Gasteiger partial charge in [-0.2, -0.15) is 0 Å². The van der Waals surface area contributed by atoms with Crippen molar-refractivity contribution in [1.82, 2.24) is 15.5 Å². The van der Waals surface area contributed by atoms with Gasteiger partial charge in [0.2, 0.25) is 5.91 Å². The summed E-state index contributed by atoms with van der Waals surface area (Å²) in [6.07, 6.45) is 3.05. The molecule has 58 heavy (non-hydrogen) atoms. The standard InChI is InChI=1S/C44H49N5O9/c1-43(2,3)57-42(52)48(58-44(4,5)6)47(36-20-17-35-29-45-24-23-34(35)27-36)40(41(51)46-28-32-14-10-15-37(26-32)49(53)54)33-18-21-38(22-19-33)55-25-11-16-39(50)56-30-31-12-8-7-9-13-31/h7-10,12-15,17-24,26-27,29,40H,11,16,25,28,30H2,1-6H3,(H,46,51). The van der Waals surface area contributed by atoms with Crippen LogP contribution in [0.3, 0.4) is 0 Å². The summed E-state index contributed by atoms with van der Waals surface area (Å²) in [5, 5.41) is 18.4. The molecule has 0 radical (unpaired) electrons. The Balaban J connectivity index is 1.48. The second-order valence-corrected chi connectivity index (χ2v) is 15.4. The number of nitro benzene ring substituents is 1. The molecule has 1 atom stereocenters. The molecule has 0 bridgehead atoms. The van der Waals surface area contributed by atoms with E-state index in [1.165, 1.54) is 17.1 Å². The highest BCUT2D eigenvalue weighted by Crippen LogP contribution is 2.35. The fourth-order valence-electron chi connectivity index (χ4n) is 5.73. The molecular formula is C44H49N5O9. The van der Waals surface area contributed by atoms with Crippen molar-refractivity contribution < 1.29 is 38.4 Å². The number of rotatable bonds is 16. The van der Waals surface area contributed by atoms with Crippen LogP contribution >= 0.6 is 0 Å². The number of aromatic nitrogens is 1. The second-order valence-electron chi connectivity index (χ2n) is 15.4. The third-order valence-corrected chi connectivity index (χ3v) is 8.31. The molecule has 0 aliphatic rings. The van der Waals surface area contributed by atoms with Crippen molar-refractivity contribution in [3.05, 3.63) is 142 Å². The van der Waals surface area contributed by atoms with Gasteiger partial charge in [0.1, 0.15) is 18.0 Å². The van der Waals surface area contributed by atoms with E-state index in [1.54, 1.807) is 96.4 Å². The van der Waals surface area contributed by atoms with Crippen LogP contribution in [0.25, 0.3) is 10.8 Å². The Morgan fingerprint density at radius 3 is 2.24 bits per heavy atom. The van der Waals surface area contributed by atoms with Gasteiger partial charge in [-0.1, -0.05) is 65.8 Å². The lowest BCUT2D eigenvalue weighted by molar-refractivity contribution is -0.384. The largest absolute Gasteiger partial charge is 0.494 e. The summed E-state index contributed by atoms with van der Waals surface area (Å²) in [6.45, 7) is 10.8. The molecular weight excluding hydrogens is 743 g/mol. The minimum atomic E-state index is -1.28. The Kier molecular flexibility index (Phi) is 14.0. The van der Waals surface area contributed by atoms with Crippen LogP contribution in [0.4, 0.5) is 16.2 Å². The number of fused-ring (bicyclic) bond motifs is 1. The third kappa shape index (κ3) is 12.5. The van der Waals surface area contributed by atoms with Crippen LogP contribution in [-0.2, 0) is 37.1 Å². The quantitative estimate of drug-likeness (QED) is 0.0440. The van der Waals surface area contributed by atoms with Crippen molar-refractivity contribution in [3.63, 3.8) is 0 Å². The fraction of sp³-hybridized carbons (Fsp3) is 0.318. The van der Waals surface area contributed by atoms with Crippen molar-refractivity contribution in [2.75, 3.05) is 11.6 Å². The van der Waals surface area contributed by atoms with E-state index in [0.29, 0.717) is 29.0 Å². The van der Waals surface area contributed by atoms with E-state index in [1.807, 2.05) is 48.5 Å². The number of benzene rings is 4. The first kappa shape index (κ1) is 42.6. The lowest BCUT2D eigenvalue weighted by atomic mass is 10.0. The molecule has 0 fully saturated rings. The zero-order valence-electron chi connectivity index (χ0n) is 33.5. The number of hydrogen-bond acceptors (Lipinski definition) is 11. The number of nitrogens with one attached hydrogen (secondary N) is 1. The first-order valence-corrected chi connectivity index (χ1v) is 18.8. The average molecular weight is 792 g/mol. The average Bonchev–Trinajstić information content (AvgIpc) is 3.18. The Hall–Kier alpha value is -6.54. The molecule has 1 unspecified atom stereocenters. The number of non-ortho nitro benzene ring substituents is 1. The second kappa shape index (κ2) is 19.1. The van der Waals surface area contributed by atoms with Gasteiger partial charge in [-0.3, -0.25) is 24.7 Å². The van der Waals surface area contributed by atoms with Crippen LogP contribution in [0.5, 0.6) is 5.75 Å². The Labute approximate surface area is 337 Å². The number of nitrogens with zero attached hydrogens (tertiary/aromatic N) is 4. The zero-order chi connectivity index (χ0) is 41.9. The molecule has 4 aromatic carbocycles. The lowest BCUT2D eigenvalue weighted by Crippen LogP contribution is -2.55. The molecule has 1 N–H and O–H groups in total. The van der Waals surface area contributed by atoms with Gasteiger partial charge in [-0.05, 0) is 100 Å². The molecule has 0 saturated carbocycles. The maximum Gasteiger partial charge on any atom is 0.454 e. The summed E-state index contributed by atoms with van der Waals surface area (Å²) < 4.78 is 17.2. The Morgan fingerprint density at radius 2 is 1.55 bits per heavy atom. The van der Waals surface area contributed by atoms with E-state index in [0.717, 1.165) is 21.5 Å². The number of nitro groups is 1. The number of hydrogen-bond donors (Lipinski definition) is 1. The Morgan fingerprint density at radius 1 is 0.828 bits per heavy atom. The fourth-order valence-corrected chi connectivity index (χ4v) is 5.73. The van der Waals surface area contributed by atoms with Crippen molar-refractivity contribution in [1.29, 1.82) is 0 Å². The van der Waals surface area contributed by atoms with Crippen molar-refractivity contribution in [2.24, 2.45) is 0 Å². The van der Waals surface area contributed by atoms with Crippen molar-refractivity contribution in [3.8, 4) is 5.75 Å². The SMILES string of the molecule is CC(C)(C)OC(=O)N(OC(C)(C)C)N(c1ccc2cnccc2c1)C(C(=O)NCc1cccc([N+](=O)[O-])c1)c1ccc(OCCCC(=O)OCc2ccccc2)cc1. The highest BCUT2D eigenvalue weighted by molar-refractivity contribution is 5.90. The van der Waals surface area contributed by atoms with E-state index < -0.39 is 34.2 Å². The van der Waals surface area contributed by atoms with E-state index >= 15 is 0 Å². The van der Waals surface area contributed by atoms with Crippen LogP contribution in [-0.4, -0.2) is 50.9 Å². The third-order valence-electron chi connectivity index (χ3n) is 8.31. The molecule has 1 heterocycles. The molecule has 5 rings (SSSR count). The first-order chi connectivity index (χ1) is 27.6. The van der Waals surface area contributed by atoms with E-state index in [-0.39, 0.29) is 37.8 Å². The predicted molar refractivity (Wildman–Crippen MR) is 218 cm³/mol. The molecule has 14 heteroatoms. The van der Waals surface area contributed by atoms with Crippen molar-refractivity contribution >= 4 is 40.1 Å². The van der Waals surface area contributed by atoms with Gasteiger partial charge in [0.05, 0.1) is 22.8 Å². The highest BCUT2D eigenvalue weighted by atomic mass is 16.8. The maximum atomic E-state index is 14.7. The van der Waals surface area contributed by atoms with Gasteiger partial charge < -0.3 is 19.5 Å². The highest BCUT2D eigenvalue weighted by Gasteiger charge is 2.40. The van der Waals surface area contributed by atoms with Gasteiger partial charge in [-0.15, -0.1) is 0 Å². The smallest absolute Gasteiger partial charge is 0.454 e. The summed E-state index contributed by atoms with van der Waals surface area (Å²) in [5.41, 5.74) is 0.232. The summed E-state index contributed by atoms with van der Waals surface area (Å²) >= 11 is 0. The monoisotopic (exact) mass is 791 g/mol. The lowest BCUT2D eigenvalue weighted by Gasteiger charge is -2.42. The minimum absolute atomic E-state index is 0.0597. The number of amides is 2. The number of ether oxygens (including phenoxy) is 3. The molecule has 0 spiro atoms. The number of anilines is 1. The summed E-state index contributed by atoms with van der Waals surface area (Å²) in [6, 6.07) is 28.1. The number of pyridine rings is 1. The van der Waals surface area contributed by atoms with Gasteiger partial charge in [0.15, 0.2) is 6.04 Å². The normalized spacial score (nSPS) is 12.0. The molecule has 14 nitrogen and oxygen atoms in total. The first-order valence-electron chi connectivity index (χ1n) is 18.8. The van der Waals surface area contributed by atoms with Crippen LogP contribution in [0, 0.1) is 10.1 Å². The number of esters is 1. The number of hydroxylamine groups is 1. The van der Waals surface area contributed by atoms with E-state index in [4.69, 9.17) is 19.0 Å². The summed E-state index contributed by atoms with van der Waals surface area (Å²) in [4.78, 5) is 62.8. The molecule has 304 valence electrons. The summed E-state index contributed by atoms with van der Waals surface area (Å²) in [5.74, 6) is -0.411. The topological polar surface area (TPSA) is 163 Å². The molecule has 0 aliphatic carbocycles. The summed E-state index contributed by atoms with van der Waals surface area (Å²) in [7, 11) is 0. The van der Waals surface area contributed by atoms with Crippen molar-refractivity contribution in [2.45, 2.75) is 84.8 Å². The number of carbonyl (C=O) groups excluding carboxylic acids is 3. The van der Waals surface area contributed by atoms with E-state index in [9.17, 15) is 24.5 Å². The molecule has 1 aromatic heterocycles. The molecule has 0 aliphatic heterocycles. The Bertz CT molecular complexity index is 2180. The molecule has 0 saturated heterocycles. The molecule has 2 amide bonds. The van der Waals surface area contributed by atoms with Gasteiger partial charge in [0.25, 0.3) is 5.69 Å². The predicted octanol–water partition coefficient (Wildman–Crippen LogP) is 8.79. The van der Waals surface area contributed by atoms with E-state index in [2.05, 4.69) is 10.3 Å².